The van der Waals surface area contributed by atoms with Crippen LogP contribution in [0, 0.1) is 0 Å². The summed E-state index contributed by atoms with van der Waals surface area (Å²) in [4.78, 5) is 12.2. The van der Waals surface area contributed by atoms with E-state index in [1.165, 1.54) is 62.8 Å². The van der Waals surface area contributed by atoms with E-state index in [0.29, 0.717) is 11.4 Å². The van der Waals surface area contributed by atoms with Gasteiger partial charge in [0.25, 0.3) is 10.1 Å². The Hall–Kier alpha value is -1.93. The summed E-state index contributed by atoms with van der Waals surface area (Å²) in [5.74, 6) is -0.313. The van der Waals surface area contributed by atoms with Crippen molar-refractivity contribution in [1.82, 2.24) is 0 Å². The molecule has 0 aliphatic carbocycles. The van der Waals surface area contributed by atoms with Gasteiger partial charge >= 0.3 is 5.97 Å². The van der Waals surface area contributed by atoms with Gasteiger partial charge in [-0.2, -0.15) is 8.42 Å². The lowest BCUT2D eigenvalue weighted by atomic mass is 10.1. The second-order valence-electron chi connectivity index (χ2n) is 8.87. The number of halogens is 1. The average molecular weight is 539 g/mol. The Morgan fingerprint density at radius 3 is 2.08 bits per heavy atom. The normalized spacial score (nSPS) is 12.4. The van der Waals surface area contributed by atoms with Crippen molar-refractivity contribution in [3.63, 3.8) is 0 Å². The molecule has 36 heavy (non-hydrogen) atoms. The highest BCUT2D eigenvalue weighted by molar-refractivity contribution is 7.86. The van der Waals surface area contributed by atoms with Crippen LogP contribution in [0.3, 0.4) is 0 Å². The fraction of sp³-hybridized carbons (Fsp3) is 0.536. The van der Waals surface area contributed by atoms with Crippen LogP contribution in [0.1, 0.15) is 76.7 Å². The Kier molecular flexibility index (Phi) is 14.7. The molecule has 2 aromatic rings. The van der Waals surface area contributed by atoms with Gasteiger partial charge in [-0.3, -0.25) is 8.98 Å². The number of unbranched alkanes of at least 4 members (excludes halogenated alkanes) is 8. The highest BCUT2D eigenvalue weighted by Crippen LogP contribution is 2.17. The van der Waals surface area contributed by atoms with E-state index in [4.69, 9.17) is 25.3 Å². The standard InChI is InChI=1S/C28H39ClO6S/c1-2-3-4-5-6-7-8-9-13-16-28(30)34-22-26(33-21-24-14-11-10-12-15-24)23-35-36(31,32)27-19-17-25(29)18-20-27/h10-12,14-15,17-20,26H,2-9,13,16,21-23H2,1H3/t26-/m1/s1. The maximum Gasteiger partial charge on any atom is 0.305 e. The molecule has 0 unspecified atom stereocenters. The van der Waals surface area contributed by atoms with Gasteiger partial charge in [0.1, 0.15) is 12.7 Å². The molecule has 0 heterocycles. The number of carbonyl (C=O) groups excluding carboxylic acids is 1. The molecule has 1 atom stereocenters. The summed E-state index contributed by atoms with van der Waals surface area (Å²) in [6.07, 6.45) is 10.1. The first kappa shape index (κ1) is 30.3. The van der Waals surface area contributed by atoms with E-state index in [9.17, 15) is 13.2 Å². The third-order valence-electron chi connectivity index (χ3n) is 5.75. The van der Waals surface area contributed by atoms with Gasteiger partial charge in [-0.15, -0.1) is 0 Å². The van der Waals surface area contributed by atoms with Crippen molar-refractivity contribution in [1.29, 1.82) is 0 Å². The third-order valence-corrected chi connectivity index (χ3v) is 7.30. The Balaban J connectivity index is 1.77. The Morgan fingerprint density at radius 1 is 0.833 bits per heavy atom. The number of benzene rings is 2. The molecule has 0 spiro atoms. The third kappa shape index (κ3) is 12.9. The lowest BCUT2D eigenvalue weighted by Crippen LogP contribution is -2.28. The van der Waals surface area contributed by atoms with Gasteiger partial charge in [0, 0.05) is 11.4 Å². The van der Waals surface area contributed by atoms with Crippen LogP contribution in [-0.2, 0) is 35.2 Å². The van der Waals surface area contributed by atoms with Gasteiger partial charge in [0.15, 0.2) is 0 Å². The molecule has 0 aliphatic rings. The van der Waals surface area contributed by atoms with Crippen LogP contribution in [0.25, 0.3) is 0 Å². The molecule has 6 nitrogen and oxygen atoms in total. The fourth-order valence-electron chi connectivity index (χ4n) is 3.61. The van der Waals surface area contributed by atoms with E-state index in [2.05, 4.69) is 6.92 Å². The van der Waals surface area contributed by atoms with Crippen LogP contribution in [0.5, 0.6) is 0 Å². The number of rotatable bonds is 19. The number of carbonyl (C=O) groups is 1. The molecular weight excluding hydrogens is 500 g/mol. The average Bonchev–Trinajstić information content (AvgIpc) is 2.88. The molecule has 0 amide bonds. The minimum atomic E-state index is -4.00. The van der Waals surface area contributed by atoms with Crippen LogP contribution >= 0.6 is 11.6 Å². The van der Waals surface area contributed by atoms with E-state index in [-0.39, 0.29) is 30.7 Å². The first-order valence-corrected chi connectivity index (χ1v) is 14.7. The summed E-state index contributed by atoms with van der Waals surface area (Å²) in [6.45, 7) is 2.10. The van der Waals surface area contributed by atoms with Crippen molar-refractivity contribution in [2.75, 3.05) is 13.2 Å². The van der Waals surface area contributed by atoms with Crippen LogP contribution in [0.15, 0.2) is 59.5 Å². The van der Waals surface area contributed by atoms with E-state index >= 15 is 0 Å². The summed E-state index contributed by atoms with van der Waals surface area (Å²) in [5.41, 5.74) is 0.920. The quantitative estimate of drug-likeness (QED) is 0.108. The molecule has 0 saturated carbocycles. The monoisotopic (exact) mass is 538 g/mol. The lowest BCUT2D eigenvalue weighted by molar-refractivity contribution is -0.149. The van der Waals surface area contributed by atoms with Crippen molar-refractivity contribution in [2.24, 2.45) is 0 Å². The summed E-state index contributed by atoms with van der Waals surface area (Å²) in [6, 6.07) is 15.2. The number of hydrogen-bond acceptors (Lipinski definition) is 6. The van der Waals surface area contributed by atoms with E-state index in [0.717, 1.165) is 24.8 Å². The first-order valence-electron chi connectivity index (χ1n) is 12.9. The predicted molar refractivity (Wildman–Crippen MR) is 142 cm³/mol. The van der Waals surface area contributed by atoms with Crippen LogP contribution in [0.2, 0.25) is 5.02 Å². The lowest BCUT2D eigenvalue weighted by Gasteiger charge is -2.18. The zero-order valence-electron chi connectivity index (χ0n) is 21.2. The topological polar surface area (TPSA) is 78.9 Å². The Morgan fingerprint density at radius 2 is 1.44 bits per heavy atom. The second-order valence-corrected chi connectivity index (χ2v) is 10.9. The van der Waals surface area contributed by atoms with Crippen LogP contribution in [-0.4, -0.2) is 33.7 Å². The smallest absolute Gasteiger partial charge is 0.305 e. The summed E-state index contributed by atoms with van der Waals surface area (Å²) in [7, 11) is -4.00. The van der Waals surface area contributed by atoms with Gasteiger partial charge < -0.3 is 9.47 Å². The van der Waals surface area contributed by atoms with Crippen molar-refractivity contribution in [2.45, 2.75) is 88.7 Å². The molecule has 2 rings (SSSR count). The van der Waals surface area contributed by atoms with Crippen molar-refractivity contribution >= 4 is 27.7 Å². The fourth-order valence-corrected chi connectivity index (χ4v) is 4.67. The molecule has 0 saturated heterocycles. The largest absolute Gasteiger partial charge is 0.463 e. The van der Waals surface area contributed by atoms with Crippen LogP contribution in [0.4, 0.5) is 0 Å². The summed E-state index contributed by atoms with van der Waals surface area (Å²) >= 11 is 5.84. The molecule has 0 N–H and O–H groups in total. The molecule has 8 heteroatoms. The maximum absolute atomic E-state index is 12.5. The van der Waals surface area contributed by atoms with Gasteiger partial charge in [-0.05, 0) is 36.2 Å². The minimum Gasteiger partial charge on any atom is -0.463 e. The molecule has 0 bridgehead atoms. The first-order chi connectivity index (χ1) is 17.4. The second kappa shape index (κ2) is 17.5. The van der Waals surface area contributed by atoms with E-state index < -0.39 is 16.2 Å². The zero-order valence-corrected chi connectivity index (χ0v) is 22.8. The number of ether oxygens (including phenoxy) is 2. The Bertz CT molecular complexity index is 963. The van der Waals surface area contributed by atoms with Crippen molar-refractivity contribution < 1.29 is 26.9 Å². The molecule has 0 fully saturated rings. The molecule has 2 aromatic carbocycles. The van der Waals surface area contributed by atoms with Crippen molar-refractivity contribution in [3.05, 3.63) is 65.2 Å². The predicted octanol–water partition coefficient (Wildman–Crippen LogP) is 7.09. The molecule has 0 radical (unpaired) electrons. The molecule has 200 valence electrons. The summed E-state index contributed by atoms with van der Waals surface area (Å²) in [5, 5.41) is 0.428. The molecule has 0 aromatic heterocycles. The van der Waals surface area contributed by atoms with E-state index in [1.807, 2.05) is 30.3 Å². The zero-order chi connectivity index (χ0) is 26.1. The van der Waals surface area contributed by atoms with Crippen LogP contribution < -0.4 is 0 Å². The van der Waals surface area contributed by atoms with Gasteiger partial charge in [-0.1, -0.05) is 100 Å². The highest BCUT2D eigenvalue weighted by atomic mass is 35.5. The molecule has 0 aliphatic heterocycles. The van der Waals surface area contributed by atoms with Gasteiger partial charge in [-0.25, -0.2) is 0 Å². The number of hydrogen-bond donors (Lipinski definition) is 0. The van der Waals surface area contributed by atoms with Gasteiger partial charge in [0.05, 0.1) is 18.1 Å². The number of esters is 1. The highest BCUT2D eigenvalue weighted by Gasteiger charge is 2.20. The molecular formula is C28H39ClO6S. The maximum atomic E-state index is 12.5. The SMILES string of the molecule is CCCCCCCCCCCC(=O)OC[C@H](COS(=O)(=O)c1ccc(Cl)cc1)OCc1ccccc1. The Labute approximate surface area is 221 Å². The minimum absolute atomic E-state index is 0.00364. The van der Waals surface area contributed by atoms with Crippen molar-refractivity contribution in [3.8, 4) is 0 Å². The van der Waals surface area contributed by atoms with Gasteiger partial charge in [0.2, 0.25) is 0 Å². The van der Waals surface area contributed by atoms with E-state index in [1.54, 1.807) is 0 Å². The summed E-state index contributed by atoms with van der Waals surface area (Å²) < 4.78 is 41.5.